The van der Waals surface area contributed by atoms with E-state index in [0.717, 1.165) is 24.8 Å². The van der Waals surface area contributed by atoms with Gasteiger partial charge in [-0.25, -0.2) is 0 Å². The van der Waals surface area contributed by atoms with Gasteiger partial charge < -0.3 is 10.6 Å². The van der Waals surface area contributed by atoms with Gasteiger partial charge in [0.05, 0.1) is 0 Å². The lowest BCUT2D eigenvalue weighted by atomic mass is 9.99. The SMILES string of the molecule is CCNc1nnc(C2CCNCC2)s1. The first-order chi connectivity index (χ1) is 6.90. The third kappa shape index (κ3) is 2.22. The summed E-state index contributed by atoms with van der Waals surface area (Å²) in [4.78, 5) is 0. The molecule has 14 heavy (non-hydrogen) atoms. The van der Waals surface area contributed by atoms with Crippen LogP contribution in [0.4, 0.5) is 5.13 Å². The Hall–Kier alpha value is -0.680. The number of piperidine rings is 1. The first kappa shape index (κ1) is 9.86. The van der Waals surface area contributed by atoms with Crippen LogP contribution in [-0.4, -0.2) is 29.8 Å². The molecule has 2 N–H and O–H groups in total. The molecule has 0 unspecified atom stereocenters. The minimum atomic E-state index is 0.626. The van der Waals surface area contributed by atoms with Crippen LogP contribution in [0.15, 0.2) is 0 Å². The Bertz CT molecular complexity index is 280. The van der Waals surface area contributed by atoms with Crippen LogP contribution in [-0.2, 0) is 0 Å². The van der Waals surface area contributed by atoms with E-state index < -0.39 is 0 Å². The van der Waals surface area contributed by atoms with Crippen molar-refractivity contribution in [3.63, 3.8) is 0 Å². The molecule has 1 aliphatic heterocycles. The number of nitrogens with zero attached hydrogens (tertiary/aromatic N) is 2. The molecular formula is C9H16N4S. The predicted molar refractivity (Wildman–Crippen MR) is 58.9 cm³/mol. The Balaban J connectivity index is 2.00. The van der Waals surface area contributed by atoms with Crippen molar-refractivity contribution in [3.8, 4) is 0 Å². The van der Waals surface area contributed by atoms with Crippen molar-refractivity contribution in [1.29, 1.82) is 0 Å². The number of aromatic nitrogens is 2. The van der Waals surface area contributed by atoms with Crippen molar-refractivity contribution in [3.05, 3.63) is 5.01 Å². The van der Waals surface area contributed by atoms with E-state index in [1.807, 2.05) is 0 Å². The molecule has 0 radical (unpaired) electrons. The van der Waals surface area contributed by atoms with Crippen molar-refractivity contribution >= 4 is 16.5 Å². The zero-order valence-electron chi connectivity index (χ0n) is 8.42. The Kier molecular flexibility index (Phi) is 3.31. The highest BCUT2D eigenvalue weighted by atomic mass is 32.1. The Labute approximate surface area is 88.1 Å². The van der Waals surface area contributed by atoms with Crippen LogP contribution < -0.4 is 10.6 Å². The summed E-state index contributed by atoms with van der Waals surface area (Å²) < 4.78 is 0. The van der Waals surface area contributed by atoms with Crippen molar-refractivity contribution in [1.82, 2.24) is 15.5 Å². The van der Waals surface area contributed by atoms with Crippen LogP contribution in [0, 0.1) is 0 Å². The van der Waals surface area contributed by atoms with E-state index >= 15 is 0 Å². The smallest absolute Gasteiger partial charge is 0.205 e. The molecule has 0 aliphatic carbocycles. The second-order valence-corrected chi connectivity index (χ2v) is 4.51. The van der Waals surface area contributed by atoms with Gasteiger partial charge in [0.15, 0.2) is 0 Å². The lowest BCUT2D eigenvalue weighted by Crippen LogP contribution is -2.26. The molecule has 1 saturated heterocycles. The fourth-order valence-electron chi connectivity index (χ4n) is 1.69. The molecular weight excluding hydrogens is 196 g/mol. The molecule has 1 aromatic heterocycles. The maximum atomic E-state index is 4.24. The summed E-state index contributed by atoms with van der Waals surface area (Å²) in [5.41, 5.74) is 0. The molecule has 78 valence electrons. The van der Waals surface area contributed by atoms with Gasteiger partial charge in [-0.1, -0.05) is 11.3 Å². The largest absolute Gasteiger partial charge is 0.360 e. The standard InChI is InChI=1S/C9H16N4S/c1-2-11-9-13-12-8(14-9)7-3-5-10-6-4-7/h7,10H,2-6H2,1H3,(H,11,13). The zero-order chi connectivity index (χ0) is 9.80. The summed E-state index contributed by atoms with van der Waals surface area (Å²) in [5, 5.41) is 17.1. The van der Waals surface area contributed by atoms with Gasteiger partial charge in [-0.2, -0.15) is 0 Å². The maximum absolute atomic E-state index is 4.24. The molecule has 0 amide bonds. The molecule has 0 atom stereocenters. The second kappa shape index (κ2) is 4.70. The van der Waals surface area contributed by atoms with Crippen molar-refractivity contribution in [2.75, 3.05) is 25.0 Å². The minimum Gasteiger partial charge on any atom is -0.360 e. The first-order valence-corrected chi connectivity index (χ1v) is 5.99. The fourth-order valence-corrected chi connectivity index (χ4v) is 2.67. The average molecular weight is 212 g/mol. The second-order valence-electron chi connectivity index (χ2n) is 3.50. The van der Waals surface area contributed by atoms with Gasteiger partial charge in [0.25, 0.3) is 0 Å². The van der Waals surface area contributed by atoms with Crippen LogP contribution in [0.5, 0.6) is 0 Å². The van der Waals surface area contributed by atoms with Gasteiger partial charge in [-0.3, -0.25) is 0 Å². The van der Waals surface area contributed by atoms with Crippen molar-refractivity contribution < 1.29 is 0 Å². The van der Waals surface area contributed by atoms with Crippen LogP contribution in [0.1, 0.15) is 30.7 Å². The summed E-state index contributed by atoms with van der Waals surface area (Å²) in [6.45, 7) is 5.22. The van der Waals surface area contributed by atoms with E-state index in [9.17, 15) is 0 Å². The van der Waals surface area contributed by atoms with Gasteiger partial charge in [0.1, 0.15) is 5.01 Å². The zero-order valence-corrected chi connectivity index (χ0v) is 9.23. The van der Waals surface area contributed by atoms with E-state index in [4.69, 9.17) is 0 Å². The molecule has 0 saturated carbocycles. The molecule has 4 nitrogen and oxygen atoms in total. The third-order valence-corrected chi connectivity index (χ3v) is 3.50. The molecule has 1 aromatic rings. The van der Waals surface area contributed by atoms with Crippen molar-refractivity contribution in [2.24, 2.45) is 0 Å². The van der Waals surface area contributed by atoms with E-state index in [0.29, 0.717) is 5.92 Å². The Morgan fingerprint density at radius 2 is 2.21 bits per heavy atom. The number of anilines is 1. The van der Waals surface area contributed by atoms with Gasteiger partial charge in [0, 0.05) is 12.5 Å². The maximum Gasteiger partial charge on any atom is 0.205 e. The third-order valence-electron chi connectivity index (χ3n) is 2.46. The van der Waals surface area contributed by atoms with Crippen molar-refractivity contribution in [2.45, 2.75) is 25.7 Å². The number of nitrogens with one attached hydrogen (secondary N) is 2. The summed E-state index contributed by atoms with van der Waals surface area (Å²) in [6.07, 6.45) is 2.39. The summed E-state index contributed by atoms with van der Waals surface area (Å²) in [7, 11) is 0. The average Bonchev–Trinajstić information content (AvgIpc) is 2.68. The fraction of sp³-hybridized carbons (Fsp3) is 0.778. The van der Waals surface area contributed by atoms with Crippen LogP contribution in [0.3, 0.4) is 0 Å². The summed E-state index contributed by atoms with van der Waals surface area (Å²) in [6, 6.07) is 0. The highest BCUT2D eigenvalue weighted by molar-refractivity contribution is 7.15. The highest BCUT2D eigenvalue weighted by Crippen LogP contribution is 2.29. The van der Waals surface area contributed by atoms with Gasteiger partial charge in [0.2, 0.25) is 5.13 Å². The topological polar surface area (TPSA) is 49.8 Å². The van der Waals surface area contributed by atoms with E-state index in [1.54, 1.807) is 11.3 Å². The van der Waals surface area contributed by atoms with Crippen LogP contribution >= 0.6 is 11.3 Å². The molecule has 1 fully saturated rings. The normalized spacial score (nSPS) is 18.4. The molecule has 0 aromatic carbocycles. The minimum absolute atomic E-state index is 0.626. The van der Waals surface area contributed by atoms with Gasteiger partial charge >= 0.3 is 0 Å². The van der Waals surface area contributed by atoms with Crippen LogP contribution in [0.2, 0.25) is 0 Å². The number of hydrogen-bond donors (Lipinski definition) is 2. The number of rotatable bonds is 3. The number of hydrogen-bond acceptors (Lipinski definition) is 5. The molecule has 1 aliphatic rings. The first-order valence-electron chi connectivity index (χ1n) is 5.18. The summed E-state index contributed by atoms with van der Waals surface area (Å²) in [5.74, 6) is 0.626. The lowest BCUT2D eigenvalue weighted by Gasteiger charge is -2.19. The molecule has 2 heterocycles. The monoisotopic (exact) mass is 212 g/mol. The predicted octanol–water partition coefficient (Wildman–Crippen LogP) is 1.44. The van der Waals surface area contributed by atoms with Gasteiger partial charge in [-0.15, -0.1) is 10.2 Å². The molecule has 0 bridgehead atoms. The van der Waals surface area contributed by atoms with E-state index in [-0.39, 0.29) is 0 Å². The van der Waals surface area contributed by atoms with Crippen LogP contribution in [0.25, 0.3) is 0 Å². The molecule has 0 spiro atoms. The molecule has 5 heteroatoms. The van der Waals surface area contributed by atoms with Gasteiger partial charge in [-0.05, 0) is 32.9 Å². The highest BCUT2D eigenvalue weighted by Gasteiger charge is 2.18. The Morgan fingerprint density at radius 3 is 2.93 bits per heavy atom. The quantitative estimate of drug-likeness (QED) is 0.796. The molecule has 2 rings (SSSR count). The lowest BCUT2D eigenvalue weighted by molar-refractivity contribution is 0.457. The van der Waals surface area contributed by atoms with E-state index in [2.05, 4.69) is 27.8 Å². The Morgan fingerprint density at radius 1 is 1.43 bits per heavy atom. The summed E-state index contributed by atoms with van der Waals surface area (Å²) >= 11 is 1.70. The van der Waals surface area contributed by atoms with E-state index in [1.165, 1.54) is 17.8 Å².